The largest absolute Gasteiger partial charge is 0.494 e. The minimum absolute atomic E-state index is 0.0820. The van der Waals surface area contributed by atoms with E-state index in [1.54, 1.807) is 0 Å². The Balaban J connectivity index is 1.99. The minimum atomic E-state index is -0.0820. The van der Waals surface area contributed by atoms with Crippen molar-refractivity contribution in [2.45, 2.75) is 18.8 Å². The summed E-state index contributed by atoms with van der Waals surface area (Å²) in [6, 6.07) is 18.4. The first-order chi connectivity index (χ1) is 10.2. The van der Waals surface area contributed by atoms with Crippen LogP contribution in [-0.4, -0.2) is 25.1 Å². The van der Waals surface area contributed by atoms with Crippen LogP contribution in [0.25, 0.3) is 0 Å². The summed E-state index contributed by atoms with van der Waals surface area (Å²) in [5.41, 5.74) is 2.35. The number of halogens is 1. The van der Waals surface area contributed by atoms with Gasteiger partial charge in [0.1, 0.15) is 5.75 Å². The Bertz CT molecular complexity index is 544. The first-order valence-electron chi connectivity index (χ1n) is 7.29. The van der Waals surface area contributed by atoms with Crippen LogP contribution in [0.1, 0.15) is 23.4 Å². The van der Waals surface area contributed by atoms with Gasteiger partial charge in [-0.05, 0) is 25.6 Å². The molecule has 21 heavy (non-hydrogen) atoms. The summed E-state index contributed by atoms with van der Waals surface area (Å²) in [4.78, 5) is 2.23. The number of para-hydroxylation sites is 1. The first kappa shape index (κ1) is 15.9. The molecule has 1 unspecified atom stereocenters. The number of hydrogen-bond donors (Lipinski definition) is 0. The second-order valence-corrected chi connectivity index (χ2v) is 5.65. The highest BCUT2D eigenvalue weighted by Crippen LogP contribution is 2.30. The Hall–Kier alpha value is -1.51. The van der Waals surface area contributed by atoms with E-state index in [2.05, 4.69) is 36.2 Å². The molecule has 0 N–H and O–H groups in total. The molecule has 0 fully saturated rings. The molecule has 0 aromatic heterocycles. The number of benzene rings is 2. The van der Waals surface area contributed by atoms with Crippen molar-refractivity contribution >= 4 is 11.6 Å². The van der Waals surface area contributed by atoms with Crippen LogP contribution in [0, 0.1) is 0 Å². The SMILES string of the molecule is CCOc1ccccc1C(Cl)CN(C)Cc1ccccc1. The molecular weight excluding hydrogens is 282 g/mol. The van der Waals surface area contributed by atoms with Crippen molar-refractivity contribution in [1.29, 1.82) is 0 Å². The number of likely N-dealkylation sites (N-methyl/N-ethyl adjacent to an activating group) is 1. The van der Waals surface area contributed by atoms with Gasteiger partial charge in [0.15, 0.2) is 0 Å². The van der Waals surface area contributed by atoms with Gasteiger partial charge in [-0.1, -0.05) is 48.5 Å². The van der Waals surface area contributed by atoms with E-state index in [9.17, 15) is 0 Å². The van der Waals surface area contributed by atoms with Crippen LogP contribution in [0.3, 0.4) is 0 Å². The number of alkyl halides is 1. The van der Waals surface area contributed by atoms with E-state index < -0.39 is 0 Å². The molecule has 0 radical (unpaired) electrons. The zero-order chi connectivity index (χ0) is 15.1. The number of ether oxygens (including phenoxy) is 1. The molecule has 0 amide bonds. The van der Waals surface area contributed by atoms with Crippen molar-refractivity contribution in [3.8, 4) is 5.75 Å². The zero-order valence-corrected chi connectivity index (χ0v) is 13.4. The molecule has 0 saturated carbocycles. The van der Waals surface area contributed by atoms with Crippen molar-refractivity contribution < 1.29 is 4.74 Å². The van der Waals surface area contributed by atoms with Crippen LogP contribution in [0.4, 0.5) is 0 Å². The Kier molecular flexibility index (Phi) is 6.09. The molecule has 0 aliphatic carbocycles. The number of rotatable bonds is 7. The standard InChI is InChI=1S/C18H22ClNO/c1-3-21-18-12-8-7-11-16(18)17(19)14-20(2)13-15-9-5-4-6-10-15/h4-12,17H,3,13-14H2,1-2H3. The Labute approximate surface area is 132 Å². The van der Waals surface area contributed by atoms with Crippen LogP contribution >= 0.6 is 11.6 Å². The number of nitrogens with zero attached hydrogens (tertiary/aromatic N) is 1. The van der Waals surface area contributed by atoms with Crippen LogP contribution in [-0.2, 0) is 6.54 Å². The topological polar surface area (TPSA) is 12.5 Å². The molecular formula is C18H22ClNO. The summed E-state index contributed by atoms with van der Waals surface area (Å²) in [6.45, 7) is 4.31. The Morgan fingerprint density at radius 1 is 1.05 bits per heavy atom. The first-order valence-corrected chi connectivity index (χ1v) is 7.72. The molecule has 0 bridgehead atoms. The van der Waals surface area contributed by atoms with Gasteiger partial charge in [0.2, 0.25) is 0 Å². The second kappa shape index (κ2) is 8.06. The van der Waals surface area contributed by atoms with Gasteiger partial charge in [-0.2, -0.15) is 0 Å². The van der Waals surface area contributed by atoms with E-state index >= 15 is 0 Å². The average molecular weight is 304 g/mol. The van der Waals surface area contributed by atoms with E-state index in [0.717, 1.165) is 24.4 Å². The van der Waals surface area contributed by atoms with Crippen LogP contribution in [0.5, 0.6) is 5.75 Å². The van der Waals surface area contributed by atoms with Crippen molar-refractivity contribution in [2.75, 3.05) is 20.2 Å². The van der Waals surface area contributed by atoms with Crippen molar-refractivity contribution in [3.63, 3.8) is 0 Å². The lowest BCUT2D eigenvalue weighted by Gasteiger charge is -2.22. The van der Waals surface area contributed by atoms with Gasteiger partial charge in [-0.15, -0.1) is 11.6 Å². The zero-order valence-electron chi connectivity index (χ0n) is 12.6. The second-order valence-electron chi connectivity index (χ2n) is 5.12. The molecule has 1 atom stereocenters. The van der Waals surface area contributed by atoms with Crippen LogP contribution < -0.4 is 4.74 Å². The molecule has 2 aromatic rings. The molecule has 112 valence electrons. The van der Waals surface area contributed by atoms with E-state index in [-0.39, 0.29) is 5.38 Å². The fourth-order valence-electron chi connectivity index (χ4n) is 2.36. The fourth-order valence-corrected chi connectivity index (χ4v) is 2.77. The van der Waals surface area contributed by atoms with Crippen molar-refractivity contribution in [2.24, 2.45) is 0 Å². The molecule has 0 spiro atoms. The van der Waals surface area contributed by atoms with E-state index in [4.69, 9.17) is 16.3 Å². The van der Waals surface area contributed by atoms with Gasteiger partial charge in [-0.25, -0.2) is 0 Å². The third-order valence-electron chi connectivity index (χ3n) is 3.32. The normalized spacial score (nSPS) is 12.4. The Morgan fingerprint density at radius 2 is 1.71 bits per heavy atom. The lowest BCUT2D eigenvalue weighted by atomic mass is 10.1. The van der Waals surface area contributed by atoms with Gasteiger partial charge in [-0.3, -0.25) is 0 Å². The van der Waals surface area contributed by atoms with Gasteiger partial charge in [0.25, 0.3) is 0 Å². The molecule has 0 aliphatic rings. The summed E-state index contributed by atoms with van der Waals surface area (Å²) < 4.78 is 5.66. The lowest BCUT2D eigenvalue weighted by Crippen LogP contribution is -2.22. The summed E-state index contributed by atoms with van der Waals surface area (Å²) in [7, 11) is 2.09. The highest BCUT2D eigenvalue weighted by molar-refractivity contribution is 6.21. The third-order valence-corrected chi connectivity index (χ3v) is 3.70. The Morgan fingerprint density at radius 3 is 2.43 bits per heavy atom. The van der Waals surface area contributed by atoms with Gasteiger partial charge in [0, 0.05) is 18.7 Å². The van der Waals surface area contributed by atoms with Gasteiger partial charge < -0.3 is 9.64 Å². The highest BCUT2D eigenvalue weighted by atomic mass is 35.5. The van der Waals surface area contributed by atoms with E-state index in [1.807, 2.05) is 37.3 Å². The fraction of sp³-hybridized carbons (Fsp3) is 0.333. The van der Waals surface area contributed by atoms with Crippen LogP contribution in [0.15, 0.2) is 54.6 Å². The summed E-state index contributed by atoms with van der Waals surface area (Å²) >= 11 is 6.59. The summed E-state index contributed by atoms with van der Waals surface area (Å²) in [5.74, 6) is 0.883. The van der Waals surface area contributed by atoms with E-state index in [0.29, 0.717) is 6.61 Å². The third kappa shape index (κ3) is 4.76. The summed E-state index contributed by atoms with van der Waals surface area (Å²) in [6.07, 6.45) is 0. The molecule has 0 saturated heterocycles. The maximum Gasteiger partial charge on any atom is 0.124 e. The molecule has 0 heterocycles. The van der Waals surface area contributed by atoms with E-state index in [1.165, 1.54) is 5.56 Å². The molecule has 3 heteroatoms. The van der Waals surface area contributed by atoms with Crippen molar-refractivity contribution in [1.82, 2.24) is 4.90 Å². The minimum Gasteiger partial charge on any atom is -0.494 e. The molecule has 2 aromatic carbocycles. The highest BCUT2D eigenvalue weighted by Gasteiger charge is 2.15. The summed E-state index contributed by atoms with van der Waals surface area (Å²) in [5, 5.41) is -0.0820. The predicted molar refractivity (Wildman–Crippen MR) is 89.0 cm³/mol. The van der Waals surface area contributed by atoms with Gasteiger partial charge >= 0.3 is 0 Å². The van der Waals surface area contributed by atoms with Crippen LogP contribution in [0.2, 0.25) is 0 Å². The molecule has 0 aliphatic heterocycles. The predicted octanol–water partition coefficient (Wildman–Crippen LogP) is 4.50. The maximum atomic E-state index is 6.59. The average Bonchev–Trinajstić information content (AvgIpc) is 2.49. The monoisotopic (exact) mass is 303 g/mol. The quantitative estimate of drug-likeness (QED) is 0.698. The maximum absolute atomic E-state index is 6.59. The molecule has 2 nitrogen and oxygen atoms in total. The van der Waals surface area contributed by atoms with Gasteiger partial charge in [0.05, 0.1) is 12.0 Å². The van der Waals surface area contributed by atoms with Crippen molar-refractivity contribution in [3.05, 3.63) is 65.7 Å². The lowest BCUT2D eigenvalue weighted by molar-refractivity contribution is 0.314. The smallest absolute Gasteiger partial charge is 0.124 e. The number of hydrogen-bond acceptors (Lipinski definition) is 2. The molecule has 2 rings (SSSR count).